The van der Waals surface area contributed by atoms with E-state index in [9.17, 15) is 0 Å². The Hall–Kier alpha value is -1.76. The molecule has 3 aromatic rings. The lowest BCUT2D eigenvalue weighted by Gasteiger charge is -1.96. The molecule has 0 amide bonds. The van der Waals surface area contributed by atoms with E-state index >= 15 is 0 Å². The maximum Gasteiger partial charge on any atom is 0.0466 e. The maximum atomic E-state index is 3.36. The van der Waals surface area contributed by atoms with Gasteiger partial charge in [-0.05, 0) is 22.9 Å². The molecule has 0 fully saturated rings. The highest BCUT2D eigenvalue weighted by Crippen LogP contribution is 2.20. The Kier molecular flexibility index (Phi) is 1.22. The van der Waals surface area contributed by atoms with Gasteiger partial charge in [-0.2, -0.15) is 0 Å². The summed E-state index contributed by atoms with van der Waals surface area (Å²) in [7, 11) is 0. The zero-order chi connectivity index (χ0) is 8.67. The average molecular weight is 166 g/mol. The Morgan fingerprint density at radius 3 is 2.92 bits per heavy atom. The van der Waals surface area contributed by atoms with E-state index in [0.717, 1.165) is 10.9 Å². The van der Waals surface area contributed by atoms with Crippen LogP contribution in [0.2, 0.25) is 0 Å². The predicted molar refractivity (Wildman–Crippen MR) is 54.6 cm³/mol. The van der Waals surface area contributed by atoms with Crippen LogP contribution in [0, 0.1) is 6.07 Å². The molecule has 0 saturated heterocycles. The summed E-state index contributed by atoms with van der Waals surface area (Å²) in [5.74, 6) is 0. The van der Waals surface area contributed by atoms with Crippen molar-refractivity contribution in [3.63, 3.8) is 0 Å². The van der Waals surface area contributed by atoms with Crippen molar-refractivity contribution in [3.05, 3.63) is 48.7 Å². The van der Waals surface area contributed by atoms with E-state index in [0.29, 0.717) is 0 Å². The fourth-order valence-electron chi connectivity index (χ4n) is 1.65. The summed E-state index contributed by atoms with van der Waals surface area (Å²) in [6.07, 6.45) is 1.94. The zero-order valence-electron chi connectivity index (χ0n) is 7.04. The Bertz CT molecular complexity index is 514. The molecule has 0 aliphatic carbocycles. The van der Waals surface area contributed by atoms with Gasteiger partial charge in [0.15, 0.2) is 0 Å². The molecule has 0 spiro atoms. The van der Waals surface area contributed by atoms with Crippen molar-refractivity contribution in [1.82, 2.24) is 4.98 Å². The van der Waals surface area contributed by atoms with Crippen LogP contribution in [-0.4, -0.2) is 4.98 Å². The lowest BCUT2D eigenvalue weighted by Crippen LogP contribution is -1.72. The van der Waals surface area contributed by atoms with Gasteiger partial charge in [0.25, 0.3) is 0 Å². The highest BCUT2D eigenvalue weighted by Gasteiger charge is 1.97. The molecule has 0 atom stereocenters. The van der Waals surface area contributed by atoms with Crippen LogP contribution in [0.1, 0.15) is 0 Å². The number of aromatic amines is 1. The molecule has 3 rings (SSSR count). The van der Waals surface area contributed by atoms with E-state index < -0.39 is 0 Å². The van der Waals surface area contributed by atoms with Gasteiger partial charge in [0.05, 0.1) is 0 Å². The Labute approximate surface area is 76.0 Å². The van der Waals surface area contributed by atoms with Crippen LogP contribution < -0.4 is 0 Å². The lowest BCUT2D eigenvalue weighted by molar-refractivity contribution is 1.48. The van der Waals surface area contributed by atoms with E-state index in [1.807, 2.05) is 24.4 Å². The smallest absolute Gasteiger partial charge is 0.0466 e. The van der Waals surface area contributed by atoms with Gasteiger partial charge in [0.1, 0.15) is 0 Å². The van der Waals surface area contributed by atoms with E-state index in [4.69, 9.17) is 0 Å². The van der Waals surface area contributed by atoms with Crippen molar-refractivity contribution >= 4 is 21.7 Å². The number of hydrogen-bond acceptors (Lipinski definition) is 0. The number of benzene rings is 2. The second-order valence-electron chi connectivity index (χ2n) is 3.16. The molecule has 0 unspecified atom stereocenters. The third kappa shape index (κ3) is 0.937. The van der Waals surface area contributed by atoms with Crippen molar-refractivity contribution in [3.8, 4) is 0 Å². The van der Waals surface area contributed by atoms with Gasteiger partial charge in [-0.25, -0.2) is 0 Å². The summed E-state index contributed by atoms with van der Waals surface area (Å²) in [6.45, 7) is 0. The Balaban J connectivity index is 2.57. The normalized spacial score (nSPS) is 11.1. The molecule has 0 aliphatic heterocycles. The Morgan fingerprint density at radius 2 is 1.92 bits per heavy atom. The van der Waals surface area contributed by atoms with E-state index in [-0.39, 0.29) is 0 Å². The van der Waals surface area contributed by atoms with Gasteiger partial charge in [0, 0.05) is 23.2 Å². The molecule has 0 bridgehead atoms. The molecule has 1 aromatic heterocycles. The van der Waals surface area contributed by atoms with Gasteiger partial charge >= 0.3 is 0 Å². The van der Waals surface area contributed by atoms with Gasteiger partial charge in [-0.1, -0.05) is 24.3 Å². The van der Waals surface area contributed by atoms with Crippen LogP contribution in [0.15, 0.2) is 42.6 Å². The SMILES string of the molecule is [c]1c2ccccc2cc2[nH]ccc12. The molecule has 1 nitrogen and oxygen atoms in total. The minimum absolute atomic E-state index is 1.15. The summed E-state index contributed by atoms with van der Waals surface area (Å²) >= 11 is 0. The number of aromatic nitrogens is 1. The number of H-pyrrole nitrogens is 1. The second kappa shape index (κ2) is 2.36. The largest absolute Gasteiger partial charge is 0.361 e. The quantitative estimate of drug-likeness (QED) is 0.528. The van der Waals surface area contributed by atoms with Gasteiger partial charge in [-0.3, -0.25) is 0 Å². The molecular weight excluding hydrogens is 158 g/mol. The first-order valence-corrected chi connectivity index (χ1v) is 4.32. The first-order valence-electron chi connectivity index (χ1n) is 4.32. The van der Waals surface area contributed by atoms with Crippen LogP contribution in [0.5, 0.6) is 0 Å². The molecule has 2 aromatic carbocycles. The third-order valence-corrected chi connectivity index (χ3v) is 2.31. The molecule has 1 heteroatoms. The van der Waals surface area contributed by atoms with Crippen molar-refractivity contribution in [2.24, 2.45) is 0 Å². The summed E-state index contributed by atoms with van der Waals surface area (Å²) in [5.41, 5.74) is 1.15. The monoisotopic (exact) mass is 166 g/mol. The molecule has 0 saturated carbocycles. The van der Waals surface area contributed by atoms with Gasteiger partial charge in [0.2, 0.25) is 0 Å². The first-order chi connectivity index (χ1) is 6.43. The van der Waals surface area contributed by atoms with Crippen molar-refractivity contribution in [2.45, 2.75) is 0 Å². The predicted octanol–water partition coefficient (Wildman–Crippen LogP) is 3.12. The number of nitrogens with one attached hydrogen (secondary N) is 1. The topological polar surface area (TPSA) is 15.8 Å². The third-order valence-electron chi connectivity index (χ3n) is 2.31. The molecule has 13 heavy (non-hydrogen) atoms. The van der Waals surface area contributed by atoms with E-state index in [1.165, 1.54) is 10.8 Å². The first kappa shape index (κ1) is 6.72. The molecular formula is C12H8N. The number of rotatable bonds is 0. The Morgan fingerprint density at radius 1 is 1.00 bits per heavy atom. The molecule has 1 radical (unpaired) electrons. The fraction of sp³-hybridized carbons (Fsp3) is 0. The molecule has 61 valence electrons. The zero-order valence-corrected chi connectivity index (χ0v) is 7.04. The van der Waals surface area contributed by atoms with E-state index in [1.54, 1.807) is 0 Å². The van der Waals surface area contributed by atoms with Crippen LogP contribution in [-0.2, 0) is 0 Å². The summed E-state index contributed by atoms with van der Waals surface area (Å²) in [5, 5.41) is 3.56. The number of fused-ring (bicyclic) bond motifs is 2. The maximum absolute atomic E-state index is 3.36. The summed E-state index contributed by atoms with van der Waals surface area (Å²) < 4.78 is 0. The summed E-state index contributed by atoms with van der Waals surface area (Å²) in [6, 6.07) is 15.8. The van der Waals surface area contributed by atoms with E-state index in [2.05, 4.69) is 29.2 Å². The lowest BCUT2D eigenvalue weighted by atomic mass is 10.1. The van der Waals surface area contributed by atoms with Crippen LogP contribution in [0.4, 0.5) is 0 Å². The van der Waals surface area contributed by atoms with Crippen LogP contribution >= 0.6 is 0 Å². The van der Waals surface area contributed by atoms with Crippen LogP contribution in [0.3, 0.4) is 0 Å². The van der Waals surface area contributed by atoms with Gasteiger partial charge < -0.3 is 4.98 Å². The average Bonchev–Trinajstić information content (AvgIpc) is 2.61. The summed E-state index contributed by atoms with van der Waals surface area (Å²) in [4.78, 5) is 3.18. The highest BCUT2D eigenvalue weighted by atomic mass is 14.7. The highest BCUT2D eigenvalue weighted by molar-refractivity contribution is 5.95. The van der Waals surface area contributed by atoms with Crippen molar-refractivity contribution < 1.29 is 0 Å². The molecule has 1 N–H and O–H groups in total. The minimum Gasteiger partial charge on any atom is -0.361 e. The molecule has 0 aliphatic rings. The molecule has 1 heterocycles. The second-order valence-corrected chi connectivity index (χ2v) is 3.16. The van der Waals surface area contributed by atoms with Crippen LogP contribution in [0.25, 0.3) is 21.7 Å². The van der Waals surface area contributed by atoms with Crippen molar-refractivity contribution in [2.75, 3.05) is 0 Å². The fourth-order valence-corrected chi connectivity index (χ4v) is 1.65. The standard InChI is InChI=1S/C12H8N/c1-2-4-10-8-12-11(5-6-13-12)7-9(10)3-1/h1-6,8,13H. The number of hydrogen-bond donors (Lipinski definition) is 1. The minimum atomic E-state index is 1.15. The van der Waals surface area contributed by atoms with Gasteiger partial charge in [-0.15, -0.1) is 0 Å². The van der Waals surface area contributed by atoms with Crippen molar-refractivity contribution in [1.29, 1.82) is 0 Å².